The van der Waals surface area contributed by atoms with Crippen LogP contribution in [0.3, 0.4) is 0 Å². The fraction of sp³-hybridized carbons (Fsp3) is 0.0588. The number of nitrogens with one attached hydrogen (secondary N) is 1. The highest BCUT2D eigenvalue weighted by Gasteiger charge is 2.13. The number of hydrogen-bond donors (Lipinski definition) is 1. The van der Waals surface area contributed by atoms with Gasteiger partial charge in [-0.25, -0.2) is 4.68 Å². The van der Waals surface area contributed by atoms with Crippen LogP contribution >= 0.6 is 11.6 Å². The van der Waals surface area contributed by atoms with Gasteiger partial charge in [-0.3, -0.25) is 4.79 Å². The van der Waals surface area contributed by atoms with E-state index >= 15 is 0 Å². The highest BCUT2D eigenvalue weighted by Crippen LogP contribution is 2.28. The molecule has 3 rings (SSSR count). The Hall–Kier alpha value is -2.79. The van der Waals surface area contributed by atoms with E-state index in [1.807, 2.05) is 30.3 Å². The van der Waals surface area contributed by atoms with Gasteiger partial charge in [-0.1, -0.05) is 29.8 Å². The molecule has 0 aliphatic carbocycles. The molecule has 6 heteroatoms. The van der Waals surface area contributed by atoms with Gasteiger partial charge in [0.05, 0.1) is 18.5 Å². The highest BCUT2D eigenvalue weighted by molar-refractivity contribution is 6.31. The normalized spacial score (nSPS) is 10.3. The molecule has 0 unspecified atom stereocenters. The molecule has 1 aromatic heterocycles. The van der Waals surface area contributed by atoms with Crippen molar-refractivity contribution in [3.8, 4) is 11.4 Å². The fourth-order valence-electron chi connectivity index (χ4n) is 2.13. The molecule has 2 aromatic carbocycles. The van der Waals surface area contributed by atoms with Crippen molar-refractivity contribution in [3.63, 3.8) is 0 Å². The summed E-state index contributed by atoms with van der Waals surface area (Å²) >= 11 is 5.96. The molecule has 0 saturated heterocycles. The lowest BCUT2D eigenvalue weighted by atomic mass is 10.2. The summed E-state index contributed by atoms with van der Waals surface area (Å²) in [6.07, 6.45) is 1.74. The molecular weight excluding hydrogens is 314 g/mol. The van der Waals surface area contributed by atoms with Crippen molar-refractivity contribution in [1.82, 2.24) is 9.78 Å². The third kappa shape index (κ3) is 3.35. The number of hydrogen-bond acceptors (Lipinski definition) is 3. The van der Waals surface area contributed by atoms with E-state index in [0.717, 1.165) is 5.69 Å². The molecule has 0 atom stereocenters. The van der Waals surface area contributed by atoms with Crippen LogP contribution in [-0.4, -0.2) is 22.8 Å². The fourth-order valence-corrected chi connectivity index (χ4v) is 2.31. The summed E-state index contributed by atoms with van der Waals surface area (Å²) in [5.74, 6) is 0.200. The smallest absolute Gasteiger partial charge is 0.276 e. The Morgan fingerprint density at radius 2 is 1.96 bits per heavy atom. The SMILES string of the molecule is COc1ccc(Cl)cc1NC(=O)c1ccn(-c2ccccc2)n1. The molecule has 23 heavy (non-hydrogen) atoms. The topological polar surface area (TPSA) is 56.1 Å². The summed E-state index contributed by atoms with van der Waals surface area (Å²) in [6.45, 7) is 0. The quantitative estimate of drug-likeness (QED) is 0.793. The summed E-state index contributed by atoms with van der Waals surface area (Å²) in [6, 6.07) is 16.2. The van der Waals surface area contributed by atoms with E-state index < -0.39 is 0 Å². The van der Waals surface area contributed by atoms with Crippen molar-refractivity contribution in [2.45, 2.75) is 0 Å². The second-order valence-corrected chi connectivity index (χ2v) is 5.22. The monoisotopic (exact) mass is 327 g/mol. The number of carbonyl (C=O) groups excluding carboxylic acids is 1. The molecule has 1 N–H and O–H groups in total. The standard InChI is InChI=1S/C17H14ClN3O2/c1-23-16-8-7-12(18)11-15(16)19-17(22)14-9-10-21(20-14)13-5-3-2-4-6-13/h2-11H,1H3,(H,19,22). The molecule has 0 radical (unpaired) electrons. The van der Waals surface area contributed by atoms with Crippen LogP contribution < -0.4 is 10.1 Å². The van der Waals surface area contributed by atoms with Gasteiger partial charge in [0.1, 0.15) is 5.75 Å². The van der Waals surface area contributed by atoms with Crippen LogP contribution in [0.25, 0.3) is 5.69 Å². The largest absolute Gasteiger partial charge is 0.495 e. The third-order valence-corrected chi connectivity index (χ3v) is 3.49. The minimum absolute atomic E-state index is 0.302. The number of aromatic nitrogens is 2. The van der Waals surface area contributed by atoms with Gasteiger partial charge in [-0.15, -0.1) is 0 Å². The van der Waals surface area contributed by atoms with Crippen LogP contribution in [0.15, 0.2) is 60.8 Å². The predicted molar refractivity (Wildman–Crippen MR) is 89.5 cm³/mol. The van der Waals surface area contributed by atoms with Crippen molar-refractivity contribution >= 4 is 23.2 Å². The zero-order valence-corrected chi connectivity index (χ0v) is 13.1. The second-order valence-electron chi connectivity index (χ2n) is 4.78. The number of carbonyl (C=O) groups is 1. The lowest BCUT2D eigenvalue weighted by Crippen LogP contribution is -2.14. The maximum absolute atomic E-state index is 12.4. The van der Waals surface area contributed by atoms with E-state index in [0.29, 0.717) is 22.2 Å². The molecule has 0 aliphatic rings. The molecule has 116 valence electrons. The molecule has 0 fully saturated rings. The van der Waals surface area contributed by atoms with Gasteiger partial charge in [-0.05, 0) is 36.4 Å². The lowest BCUT2D eigenvalue weighted by Gasteiger charge is -2.09. The summed E-state index contributed by atoms with van der Waals surface area (Å²) in [5.41, 5.74) is 1.68. The first-order valence-corrected chi connectivity index (χ1v) is 7.31. The van der Waals surface area contributed by atoms with E-state index in [4.69, 9.17) is 16.3 Å². The van der Waals surface area contributed by atoms with Crippen LogP contribution in [0.1, 0.15) is 10.5 Å². The summed E-state index contributed by atoms with van der Waals surface area (Å²) in [5, 5.41) is 7.55. The van der Waals surface area contributed by atoms with E-state index in [1.165, 1.54) is 7.11 Å². The van der Waals surface area contributed by atoms with Gasteiger partial charge >= 0.3 is 0 Å². The number of ether oxygens (including phenoxy) is 1. The molecule has 5 nitrogen and oxygen atoms in total. The van der Waals surface area contributed by atoms with Crippen LogP contribution in [-0.2, 0) is 0 Å². The summed E-state index contributed by atoms with van der Waals surface area (Å²) < 4.78 is 6.86. The Morgan fingerprint density at radius 1 is 1.17 bits per heavy atom. The van der Waals surface area contributed by atoms with Gasteiger partial charge in [0.15, 0.2) is 5.69 Å². The molecule has 0 bridgehead atoms. The zero-order chi connectivity index (χ0) is 16.2. The van der Waals surface area contributed by atoms with Gasteiger partial charge in [0.2, 0.25) is 0 Å². The molecule has 1 heterocycles. The van der Waals surface area contributed by atoms with Crippen molar-refractivity contribution in [3.05, 3.63) is 71.5 Å². The van der Waals surface area contributed by atoms with Crippen LogP contribution in [0, 0.1) is 0 Å². The molecule has 0 aliphatic heterocycles. The minimum atomic E-state index is -0.333. The first kappa shape index (κ1) is 15.1. The van der Waals surface area contributed by atoms with E-state index in [2.05, 4.69) is 10.4 Å². The van der Waals surface area contributed by atoms with Crippen LogP contribution in [0.5, 0.6) is 5.75 Å². The Morgan fingerprint density at radius 3 is 2.70 bits per heavy atom. The number of para-hydroxylation sites is 1. The second kappa shape index (κ2) is 6.54. The zero-order valence-electron chi connectivity index (χ0n) is 12.4. The highest BCUT2D eigenvalue weighted by atomic mass is 35.5. The Balaban J connectivity index is 1.82. The number of anilines is 1. The van der Waals surface area contributed by atoms with E-state index in [1.54, 1.807) is 35.1 Å². The Labute approximate surface area is 138 Å². The number of amides is 1. The van der Waals surface area contributed by atoms with Crippen molar-refractivity contribution < 1.29 is 9.53 Å². The van der Waals surface area contributed by atoms with Crippen molar-refractivity contribution in [2.75, 3.05) is 12.4 Å². The molecule has 0 saturated carbocycles. The first-order chi connectivity index (χ1) is 11.2. The lowest BCUT2D eigenvalue weighted by molar-refractivity contribution is 0.102. The average molecular weight is 328 g/mol. The maximum atomic E-state index is 12.4. The van der Waals surface area contributed by atoms with Gasteiger partial charge < -0.3 is 10.1 Å². The van der Waals surface area contributed by atoms with Crippen LogP contribution in [0.2, 0.25) is 5.02 Å². The first-order valence-electron chi connectivity index (χ1n) is 6.93. The van der Waals surface area contributed by atoms with E-state index in [9.17, 15) is 4.79 Å². The number of nitrogens with zero attached hydrogens (tertiary/aromatic N) is 2. The number of halogens is 1. The molecule has 0 spiro atoms. The molecule has 3 aromatic rings. The Bertz CT molecular complexity index is 831. The van der Waals surface area contributed by atoms with Crippen molar-refractivity contribution in [2.24, 2.45) is 0 Å². The Kier molecular flexibility index (Phi) is 4.30. The number of rotatable bonds is 4. The molecule has 1 amide bonds. The van der Waals surface area contributed by atoms with Crippen LogP contribution in [0.4, 0.5) is 5.69 Å². The number of benzene rings is 2. The summed E-state index contributed by atoms with van der Waals surface area (Å²) in [7, 11) is 1.53. The molecular formula is C17H14ClN3O2. The average Bonchev–Trinajstić information content (AvgIpc) is 3.06. The van der Waals surface area contributed by atoms with Gasteiger partial charge in [-0.2, -0.15) is 5.10 Å². The third-order valence-electron chi connectivity index (χ3n) is 3.25. The minimum Gasteiger partial charge on any atom is -0.495 e. The van der Waals surface area contributed by atoms with E-state index in [-0.39, 0.29) is 5.91 Å². The summed E-state index contributed by atoms with van der Waals surface area (Å²) in [4.78, 5) is 12.4. The van der Waals surface area contributed by atoms with Gasteiger partial charge in [0, 0.05) is 11.2 Å². The van der Waals surface area contributed by atoms with Crippen molar-refractivity contribution in [1.29, 1.82) is 0 Å². The maximum Gasteiger partial charge on any atom is 0.276 e. The number of methoxy groups -OCH3 is 1. The van der Waals surface area contributed by atoms with Gasteiger partial charge in [0.25, 0.3) is 5.91 Å². The predicted octanol–water partition coefficient (Wildman–Crippen LogP) is 3.79.